The van der Waals surface area contributed by atoms with E-state index in [4.69, 9.17) is 44.2 Å². The lowest BCUT2D eigenvalue weighted by molar-refractivity contribution is 1.13. The van der Waals surface area contributed by atoms with E-state index in [9.17, 15) is 0 Å². The predicted octanol–water partition coefficient (Wildman–Crippen LogP) is 4.30. The SMILES string of the molecule is [B]c1c([B])c([B])c(-c2ccc(-c3c4ccccc4c(-n4c(-c5ccccc5)nc5ccccc54)c4ccccc34)cc2)c([B])c1[B]. The van der Waals surface area contributed by atoms with Crippen LogP contribution < -0.4 is 27.3 Å². The molecule has 10 radical (unpaired) electrons. The summed E-state index contributed by atoms with van der Waals surface area (Å²) in [4.78, 5) is 5.14. The van der Waals surface area contributed by atoms with Crippen LogP contribution in [0.25, 0.3) is 71.9 Å². The highest BCUT2D eigenvalue weighted by Gasteiger charge is 2.21. The molecule has 0 N–H and O–H groups in total. The van der Waals surface area contributed by atoms with Crippen molar-refractivity contribution in [2.75, 3.05) is 0 Å². The van der Waals surface area contributed by atoms with Gasteiger partial charge >= 0.3 is 0 Å². The number of rotatable bonds is 4. The van der Waals surface area contributed by atoms with Crippen LogP contribution in [0.15, 0.2) is 127 Å². The fourth-order valence-electron chi connectivity index (χ4n) is 6.65. The molecule has 0 saturated carbocycles. The van der Waals surface area contributed by atoms with Crippen molar-refractivity contribution in [1.82, 2.24) is 9.55 Å². The van der Waals surface area contributed by atoms with E-state index < -0.39 is 0 Å². The first-order valence-corrected chi connectivity index (χ1v) is 15.0. The third kappa shape index (κ3) is 4.30. The molecule has 7 aromatic carbocycles. The molecule has 1 heterocycles. The molecule has 0 spiro atoms. The number of benzene rings is 7. The van der Waals surface area contributed by atoms with Crippen LogP contribution in [-0.2, 0) is 0 Å². The maximum absolute atomic E-state index is 6.39. The van der Waals surface area contributed by atoms with Crippen molar-refractivity contribution in [3.8, 4) is 39.3 Å². The van der Waals surface area contributed by atoms with Crippen molar-refractivity contribution < 1.29 is 0 Å². The van der Waals surface area contributed by atoms with Crippen molar-refractivity contribution in [1.29, 1.82) is 0 Å². The molecule has 0 aliphatic heterocycles. The lowest BCUT2D eigenvalue weighted by atomic mass is 9.59. The Kier molecular flexibility index (Phi) is 6.80. The van der Waals surface area contributed by atoms with Gasteiger partial charge < -0.3 is 0 Å². The molecule has 8 rings (SSSR count). The van der Waals surface area contributed by atoms with Crippen LogP contribution >= 0.6 is 0 Å². The largest absolute Gasteiger partial charge is 0.291 e. The van der Waals surface area contributed by atoms with Crippen molar-refractivity contribution in [2.45, 2.75) is 0 Å². The minimum atomic E-state index is 0.203. The molecule has 1 aromatic heterocycles. The van der Waals surface area contributed by atoms with E-state index in [2.05, 4.69) is 108 Å². The molecule has 7 heteroatoms. The van der Waals surface area contributed by atoms with Crippen LogP contribution in [-0.4, -0.2) is 48.8 Å². The molecule has 0 fully saturated rings. The van der Waals surface area contributed by atoms with Gasteiger partial charge in [0.15, 0.2) is 0 Å². The summed E-state index contributed by atoms with van der Waals surface area (Å²) in [7, 11) is 31.2. The zero-order chi connectivity index (χ0) is 31.5. The summed E-state index contributed by atoms with van der Waals surface area (Å²) in [5.41, 5.74) is 9.01. The Balaban J connectivity index is 1.41. The summed E-state index contributed by atoms with van der Waals surface area (Å²) < 4.78 is 2.31. The Hall–Kier alpha value is -5.15. The maximum Gasteiger partial charge on any atom is 0.145 e. The molecular weight excluding hydrogens is 551 g/mol. The summed E-state index contributed by atoms with van der Waals surface area (Å²) in [6.07, 6.45) is 0. The third-order valence-corrected chi connectivity index (χ3v) is 8.88. The van der Waals surface area contributed by atoms with Gasteiger partial charge in [-0.25, -0.2) is 4.98 Å². The van der Waals surface area contributed by atoms with Gasteiger partial charge in [0, 0.05) is 16.3 Å². The van der Waals surface area contributed by atoms with Gasteiger partial charge in [-0.15, -0.1) is 16.4 Å². The molecular formula is C39H21B5N2. The lowest BCUT2D eigenvalue weighted by Gasteiger charge is -2.22. The Morgan fingerprint density at radius 1 is 0.391 bits per heavy atom. The minimum Gasteiger partial charge on any atom is -0.291 e. The highest BCUT2D eigenvalue weighted by molar-refractivity contribution is 6.68. The highest BCUT2D eigenvalue weighted by Crippen LogP contribution is 2.43. The van der Waals surface area contributed by atoms with Crippen LogP contribution in [0.3, 0.4) is 0 Å². The van der Waals surface area contributed by atoms with Gasteiger partial charge in [-0.2, -0.15) is 0 Å². The quantitative estimate of drug-likeness (QED) is 0.228. The number of hydrogen-bond acceptors (Lipinski definition) is 1. The second kappa shape index (κ2) is 11.0. The highest BCUT2D eigenvalue weighted by atomic mass is 15.1. The zero-order valence-electron chi connectivity index (χ0n) is 24.9. The van der Waals surface area contributed by atoms with Gasteiger partial charge in [-0.1, -0.05) is 126 Å². The van der Waals surface area contributed by atoms with E-state index in [0.29, 0.717) is 16.5 Å². The predicted molar refractivity (Wildman–Crippen MR) is 199 cm³/mol. The van der Waals surface area contributed by atoms with Gasteiger partial charge in [0.1, 0.15) is 45.1 Å². The summed E-state index contributed by atoms with van der Waals surface area (Å²) in [6.45, 7) is 0. The van der Waals surface area contributed by atoms with Crippen LogP contribution in [0.4, 0.5) is 0 Å². The Morgan fingerprint density at radius 2 is 0.848 bits per heavy atom. The van der Waals surface area contributed by atoms with E-state index in [0.717, 1.165) is 66.3 Å². The number of hydrogen-bond donors (Lipinski definition) is 0. The number of imidazole rings is 1. The Bertz CT molecular complexity index is 2380. The fourth-order valence-corrected chi connectivity index (χ4v) is 6.65. The third-order valence-electron chi connectivity index (χ3n) is 8.88. The molecule has 0 amide bonds. The lowest BCUT2D eigenvalue weighted by Crippen LogP contribution is -2.55. The number of nitrogens with zero attached hydrogens (tertiary/aromatic N) is 2. The fraction of sp³-hybridized carbons (Fsp3) is 0. The summed E-state index contributed by atoms with van der Waals surface area (Å²) in [5, 5.41) is 4.49. The van der Waals surface area contributed by atoms with Gasteiger partial charge in [-0.3, -0.25) is 4.57 Å². The van der Waals surface area contributed by atoms with Crippen molar-refractivity contribution >= 4 is 99.1 Å². The minimum absolute atomic E-state index is 0.203. The molecule has 8 aromatic rings. The van der Waals surface area contributed by atoms with Gasteiger partial charge in [0.25, 0.3) is 0 Å². The first-order chi connectivity index (χ1) is 22.4. The summed E-state index contributed by atoms with van der Waals surface area (Å²) in [6, 6.07) is 44.0. The molecule has 0 saturated heterocycles. The van der Waals surface area contributed by atoms with Gasteiger partial charge in [0.05, 0.1) is 16.7 Å². The number of fused-ring (bicyclic) bond motifs is 3. The van der Waals surface area contributed by atoms with E-state index in [1.54, 1.807) is 0 Å². The second-order valence-corrected chi connectivity index (χ2v) is 11.5. The molecule has 0 aliphatic carbocycles. The van der Waals surface area contributed by atoms with Crippen LogP contribution in [0.5, 0.6) is 0 Å². The molecule has 202 valence electrons. The van der Waals surface area contributed by atoms with Crippen LogP contribution in [0.2, 0.25) is 0 Å². The topological polar surface area (TPSA) is 17.8 Å². The average Bonchev–Trinajstić information content (AvgIpc) is 3.49. The van der Waals surface area contributed by atoms with E-state index in [-0.39, 0.29) is 16.4 Å². The monoisotopic (exact) mass is 572 g/mol. The molecule has 0 bridgehead atoms. The summed E-state index contributed by atoms with van der Waals surface area (Å²) in [5.74, 6) is 0.895. The van der Waals surface area contributed by atoms with Crippen LogP contribution in [0.1, 0.15) is 0 Å². The normalized spacial score (nSPS) is 11.5. The average molecular weight is 572 g/mol. The number of para-hydroxylation sites is 2. The molecule has 0 atom stereocenters. The Labute approximate surface area is 274 Å². The van der Waals surface area contributed by atoms with E-state index in [1.165, 1.54) is 0 Å². The van der Waals surface area contributed by atoms with E-state index in [1.807, 2.05) is 24.3 Å². The molecule has 0 aliphatic rings. The molecule has 2 nitrogen and oxygen atoms in total. The van der Waals surface area contributed by atoms with Gasteiger partial charge in [0.2, 0.25) is 0 Å². The standard InChI is InChI=1S/C39H21B5N2/c40-33-32(34(41)36(43)37(44)35(33)42)23-20-18-22(19-21-23)31-25-12-4-6-14-27(25)38(28-15-7-5-13-26(28)31)46-30-17-9-8-16-29(30)45-39(46)24-10-2-1-3-11-24/h1-21H. The van der Waals surface area contributed by atoms with Gasteiger partial charge in [-0.05, 0) is 45.2 Å². The molecule has 46 heavy (non-hydrogen) atoms. The first kappa shape index (κ1) is 28.3. The van der Waals surface area contributed by atoms with Crippen molar-refractivity contribution in [3.63, 3.8) is 0 Å². The smallest absolute Gasteiger partial charge is 0.145 e. The Morgan fingerprint density at radius 3 is 1.43 bits per heavy atom. The molecule has 0 unspecified atom stereocenters. The summed E-state index contributed by atoms with van der Waals surface area (Å²) >= 11 is 0. The first-order valence-electron chi connectivity index (χ1n) is 15.0. The van der Waals surface area contributed by atoms with Crippen LogP contribution in [0, 0.1) is 0 Å². The number of aromatic nitrogens is 2. The second-order valence-electron chi connectivity index (χ2n) is 11.5. The zero-order valence-corrected chi connectivity index (χ0v) is 24.9. The van der Waals surface area contributed by atoms with E-state index >= 15 is 0 Å². The van der Waals surface area contributed by atoms with Crippen molar-refractivity contribution in [2.24, 2.45) is 0 Å². The maximum atomic E-state index is 6.39. The van der Waals surface area contributed by atoms with Crippen molar-refractivity contribution in [3.05, 3.63) is 127 Å².